The van der Waals surface area contributed by atoms with Gasteiger partial charge in [0.25, 0.3) is 0 Å². The first-order valence-electron chi connectivity index (χ1n) is 8.19. The maximum Gasteiger partial charge on any atom is 0.317 e. The Morgan fingerprint density at radius 1 is 1.20 bits per heavy atom. The van der Waals surface area contributed by atoms with Crippen LogP contribution in [0.5, 0.6) is 0 Å². The van der Waals surface area contributed by atoms with Crippen LogP contribution in [0.1, 0.15) is 16.8 Å². The lowest BCUT2D eigenvalue weighted by molar-refractivity contribution is 0.192. The Bertz CT molecular complexity index is 862. The fraction of sp³-hybridized carbons (Fsp3) is 0.222. The van der Waals surface area contributed by atoms with Crippen LogP contribution in [0.25, 0.3) is 11.3 Å². The van der Waals surface area contributed by atoms with Crippen molar-refractivity contribution in [3.63, 3.8) is 0 Å². The number of hydrogen-bond donors (Lipinski definition) is 2. The molecular formula is C18H18N6O. The normalized spacial score (nSPS) is 13.4. The van der Waals surface area contributed by atoms with Crippen LogP contribution in [0.15, 0.2) is 49.1 Å². The van der Waals surface area contributed by atoms with Gasteiger partial charge in [-0.05, 0) is 0 Å². The number of hydrogen-bond acceptors (Lipinski definition) is 4. The van der Waals surface area contributed by atoms with Gasteiger partial charge in [0.05, 0.1) is 12.2 Å². The number of nitrogens with one attached hydrogen (secondary N) is 2. The summed E-state index contributed by atoms with van der Waals surface area (Å²) in [6.45, 7) is 1.63. The van der Waals surface area contributed by atoms with Crippen LogP contribution in [0.2, 0.25) is 0 Å². The van der Waals surface area contributed by atoms with Crippen molar-refractivity contribution in [3.8, 4) is 11.3 Å². The highest BCUT2D eigenvalue weighted by molar-refractivity contribution is 5.75. The second-order valence-electron chi connectivity index (χ2n) is 5.97. The summed E-state index contributed by atoms with van der Waals surface area (Å²) in [5.74, 6) is 0. The third-order valence-electron chi connectivity index (χ3n) is 4.33. The number of nitrogens with zero attached hydrogens (tertiary/aromatic N) is 4. The molecule has 0 unspecified atom stereocenters. The molecule has 1 aromatic carbocycles. The molecule has 126 valence electrons. The fourth-order valence-electron chi connectivity index (χ4n) is 3.01. The van der Waals surface area contributed by atoms with Crippen molar-refractivity contribution >= 4 is 6.03 Å². The molecule has 0 saturated heterocycles. The molecule has 0 fully saturated rings. The minimum absolute atomic E-state index is 0.0882. The molecule has 2 N–H and O–H groups in total. The minimum atomic E-state index is -0.0882. The van der Waals surface area contributed by atoms with Crippen LogP contribution in [0, 0.1) is 0 Å². The number of carbonyl (C=O) groups is 1. The van der Waals surface area contributed by atoms with Crippen LogP contribution < -0.4 is 5.32 Å². The molecule has 0 bridgehead atoms. The molecule has 0 spiro atoms. The van der Waals surface area contributed by atoms with Gasteiger partial charge in [-0.3, -0.25) is 5.10 Å². The molecule has 4 rings (SSSR count). The maximum absolute atomic E-state index is 12.5. The van der Waals surface area contributed by atoms with Crippen molar-refractivity contribution in [1.82, 2.24) is 30.4 Å². The third-order valence-corrected chi connectivity index (χ3v) is 4.33. The van der Waals surface area contributed by atoms with Gasteiger partial charge in [0.15, 0.2) is 0 Å². The van der Waals surface area contributed by atoms with E-state index in [4.69, 9.17) is 0 Å². The predicted molar refractivity (Wildman–Crippen MR) is 92.4 cm³/mol. The second kappa shape index (κ2) is 6.72. The summed E-state index contributed by atoms with van der Waals surface area (Å²) in [7, 11) is 0. The van der Waals surface area contributed by atoms with Crippen LogP contribution in [-0.4, -0.2) is 37.6 Å². The predicted octanol–water partition coefficient (Wildman–Crippen LogP) is 2.13. The molecule has 7 heteroatoms. The highest BCUT2D eigenvalue weighted by atomic mass is 16.2. The summed E-state index contributed by atoms with van der Waals surface area (Å²) in [4.78, 5) is 22.2. The van der Waals surface area contributed by atoms with Gasteiger partial charge in [-0.2, -0.15) is 5.10 Å². The molecule has 0 radical (unpaired) electrons. The van der Waals surface area contributed by atoms with Crippen molar-refractivity contribution in [1.29, 1.82) is 0 Å². The highest BCUT2D eigenvalue weighted by Gasteiger charge is 2.25. The zero-order valence-electron chi connectivity index (χ0n) is 13.6. The van der Waals surface area contributed by atoms with E-state index in [2.05, 4.69) is 25.5 Å². The van der Waals surface area contributed by atoms with Crippen LogP contribution in [0.4, 0.5) is 4.79 Å². The maximum atomic E-state index is 12.5. The quantitative estimate of drug-likeness (QED) is 0.768. The largest absolute Gasteiger partial charge is 0.334 e. The topological polar surface area (TPSA) is 86.8 Å². The molecule has 0 aliphatic carbocycles. The molecule has 2 aromatic heterocycles. The average molecular weight is 334 g/mol. The Morgan fingerprint density at radius 3 is 2.80 bits per heavy atom. The van der Waals surface area contributed by atoms with E-state index in [0.717, 1.165) is 34.5 Å². The molecule has 7 nitrogen and oxygen atoms in total. The van der Waals surface area contributed by atoms with Crippen molar-refractivity contribution in [2.24, 2.45) is 0 Å². The molecule has 3 heterocycles. The van der Waals surface area contributed by atoms with E-state index in [-0.39, 0.29) is 6.03 Å². The Morgan fingerprint density at radius 2 is 2.00 bits per heavy atom. The van der Waals surface area contributed by atoms with Gasteiger partial charge in [-0.1, -0.05) is 30.3 Å². The summed E-state index contributed by atoms with van der Waals surface area (Å²) in [5.41, 5.74) is 5.06. The van der Waals surface area contributed by atoms with Gasteiger partial charge in [0.1, 0.15) is 6.33 Å². The SMILES string of the molecule is O=C(NCc1cncnc1)N1CCc2[nH]nc(-c3ccccc3)c2C1. The van der Waals surface area contributed by atoms with Gasteiger partial charge in [-0.25, -0.2) is 14.8 Å². The molecular weight excluding hydrogens is 316 g/mol. The summed E-state index contributed by atoms with van der Waals surface area (Å²) >= 11 is 0. The summed E-state index contributed by atoms with van der Waals surface area (Å²) in [5, 5.41) is 10.5. The Kier molecular flexibility index (Phi) is 4.12. The first-order chi connectivity index (χ1) is 12.3. The smallest absolute Gasteiger partial charge is 0.317 e. The monoisotopic (exact) mass is 334 g/mol. The highest BCUT2D eigenvalue weighted by Crippen LogP contribution is 2.28. The number of fused-ring (bicyclic) bond motifs is 1. The number of benzene rings is 1. The zero-order valence-corrected chi connectivity index (χ0v) is 13.6. The standard InChI is InChI=1S/C18H18N6O/c25-18(21-10-13-8-19-12-20-9-13)24-7-6-16-15(11-24)17(23-22-16)14-4-2-1-3-5-14/h1-5,8-9,12H,6-7,10-11H2,(H,21,25)(H,22,23). The Balaban J connectivity index is 1.47. The van der Waals surface area contributed by atoms with E-state index in [1.807, 2.05) is 35.2 Å². The zero-order chi connectivity index (χ0) is 17.1. The van der Waals surface area contributed by atoms with Crippen LogP contribution in [0.3, 0.4) is 0 Å². The first-order valence-corrected chi connectivity index (χ1v) is 8.19. The van der Waals surface area contributed by atoms with Crippen LogP contribution >= 0.6 is 0 Å². The van der Waals surface area contributed by atoms with Gasteiger partial charge >= 0.3 is 6.03 Å². The number of urea groups is 1. The Hall–Kier alpha value is -3.22. The molecule has 0 saturated carbocycles. The minimum Gasteiger partial charge on any atom is -0.334 e. The van der Waals surface area contributed by atoms with Gasteiger partial charge in [0, 0.05) is 54.3 Å². The Labute approximate surface area is 145 Å². The number of amides is 2. The summed E-state index contributed by atoms with van der Waals surface area (Å²) in [6, 6.07) is 9.94. The van der Waals surface area contributed by atoms with E-state index in [1.54, 1.807) is 12.4 Å². The lowest BCUT2D eigenvalue weighted by Gasteiger charge is -2.27. The average Bonchev–Trinajstić information content (AvgIpc) is 3.11. The number of aromatic nitrogens is 4. The van der Waals surface area contributed by atoms with Gasteiger partial charge in [0.2, 0.25) is 0 Å². The summed E-state index contributed by atoms with van der Waals surface area (Å²) in [6.07, 6.45) is 5.65. The van der Waals surface area contributed by atoms with E-state index in [0.29, 0.717) is 19.6 Å². The van der Waals surface area contributed by atoms with E-state index in [9.17, 15) is 4.79 Å². The first kappa shape index (κ1) is 15.3. The van der Waals surface area contributed by atoms with E-state index >= 15 is 0 Å². The number of rotatable bonds is 3. The van der Waals surface area contributed by atoms with Crippen molar-refractivity contribution in [2.45, 2.75) is 19.5 Å². The molecule has 3 aromatic rings. The third kappa shape index (κ3) is 3.21. The van der Waals surface area contributed by atoms with Crippen molar-refractivity contribution in [3.05, 3.63) is 65.9 Å². The molecule has 1 aliphatic rings. The number of H-pyrrole nitrogens is 1. The molecule has 1 aliphatic heterocycles. The van der Waals surface area contributed by atoms with Crippen molar-refractivity contribution in [2.75, 3.05) is 6.54 Å². The number of aromatic amines is 1. The lowest BCUT2D eigenvalue weighted by atomic mass is 10.0. The van der Waals surface area contributed by atoms with Crippen LogP contribution in [-0.2, 0) is 19.5 Å². The number of carbonyl (C=O) groups excluding carboxylic acids is 1. The summed E-state index contributed by atoms with van der Waals surface area (Å²) < 4.78 is 0. The fourth-order valence-corrected chi connectivity index (χ4v) is 3.01. The molecule has 2 amide bonds. The lowest BCUT2D eigenvalue weighted by Crippen LogP contribution is -2.42. The molecule has 0 atom stereocenters. The van der Waals surface area contributed by atoms with Crippen molar-refractivity contribution < 1.29 is 4.79 Å². The molecule has 25 heavy (non-hydrogen) atoms. The van der Waals surface area contributed by atoms with Gasteiger partial charge in [-0.15, -0.1) is 0 Å². The second-order valence-corrected chi connectivity index (χ2v) is 5.97. The van der Waals surface area contributed by atoms with E-state index in [1.165, 1.54) is 6.33 Å². The van der Waals surface area contributed by atoms with Gasteiger partial charge < -0.3 is 10.2 Å². The van der Waals surface area contributed by atoms with E-state index < -0.39 is 0 Å².